The number of carbonyl (C=O) groups excluding carboxylic acids is 1. The number of benzene rings is 2. The van der Waals surface area contributed by atoms with E-state index in [2.05, 4.69) is 10.2 Å². The highest BCUT2D eigenvalue weighted by Gasteiger charge is 2.33. The van der Waals surface area contributed by atoms with Crippen LogP contribution in [0.3, 0.4) is 0 Å². The highest BCUT2D eigenvalue weighted by Crippen LogP contribution is 2.38. The molecule has 0 bridgehead atoms. The molecule has 1 amide bonds. The second-order valence-electron chi connectivity index (χ2n) is 8.41. The fraction of sp³-hybridized carbons (Fsp3) is 0.480. The molecule has 0 aromatic heterocycles. The smallest absolute Gasteiger partial charge is 0.217 e. The number of ether oxygens (including phenoxy) is 3. The molecule has 0 aliphatic carbocycles. The summed E-state index contributed by atoms with van der Waals surface area (Å²) in [4.78, 5) is 13.6. The summed E-state index contributed by atoms with van der Waals surface area (Å²) in [5, 5.41) is 12.2. The maximum absolute atomic E-state index is 11.2. The number of morpholine rings is 1. The molecule has 172 valence electrons. The van der Waals surface area contributed by atoms with E-state index in [0.29, 0.717) is 6.54 Å². The first kappa shape index (κ1) is 22.9. The lowest BCUT2D eigenvalue weighted by Crippen LogP contribution is -2.44. The predicted molar refractivity (Wildman–Crippen MR) is 120 cm³/mol. The molecule has 2 N–H and O–H groups in total. The minimum atomic E-state index is -0.466. The van der Waals surface area contributed by atoms with Crippen molar-refractivity contribution in [2.24, 2.45) is 0 Å². The van der Waals surface area contributed by atoms with Crippen molar-refractivity contribution in [2.45, 2.75) is 45.0 Å². The quantitative estimate of drug-likeness (QED) is 0.689. The van der Waals surface area contributed by atoms with Crippen molar-refractivity contribution in [3.05, 3.63) is 70.8 Å². The van der Waals surface area contributed by atoms with E-state index in [1.54, 1.807) is 0 Å². The summed E-state index contributed by atoms with van der Waals surface area (Å²) < 4.78 is 18.3. The number of aliphatic hydroxyl groups is 1. The van der Waals surface area contributed by atoms with Gasteiger partial charge < -0.3 is 24.6 Å². The summed E-state index contributed by atoms with van der Waals surface area (Å²) in [7, 11) is 0. The molecular weight excluding hydrogens is 408 g/mol. The normalized spacial score (nSPS) is 24.2. The highest BCUT2D eigenvalue weighted by atomic mass is 16.7. The maximum atomic E-state index is 11.2. The largest absolute Gasteiger partial charge is 0.392 e. The van der Waals surface area contributed by atoms with Crippen LogP contribution in [0.15, 0.2) is 48.5 Å². The first-order valence-electron chi connectivity index (χ1n) is 11.2. The van der Waals surface area contributed by atoms with Gasteiger partial charge in [0.15, 0.2) is 6.29 Å². The van der Waals surface area contributed by atoms with Gasteiger partial charge in [-0.25, -0.2) is 0 Å². The molecule has 2 aliphatic heterocycles. The molecule has 2 saturated heterocycles. The molecule has 7 heteroatoms. The molecule has 0 spiro atoms. The standard InChI is InChI=1S/C25H32N2O5/c1-18(29)26-15-19-2-8-22(9-3-19)25-31-23(16-27-10-12-30-13-11-27)14-24(32-25)21-6-4-20(17-28)5-7-21/h2-9,23-25,28H,10-17H2,1H3,(H,26,29). The summed E-state index contributed by atoms with van der Waals surface area (Å²) in [5.74, 6) is -0.0472. The number of aliphatic hydroxyl groups excluding tert-OH is 1. The molecule has 2 heterocycles. The average Bonchev–Trinajstić information content (AvgIpc) is 2.83. The first-order valence-corrected chi connectivity index (χ1v) is 11.2. The zero-order valence-electron chi connectivity index (χ0n) is 18.5. The maximum Gasteiger partial charge on any atom is 0.217 e. The molecule has 2 aromatic rings. The van der Waals surface area contributed by atoms with Gasteiger partial charge in [-0.1, -0.05) is 48.5 Å². The van der Waals surface area contributed by atoms with Gasteiger partial charge in [0.05, 0.1) is 32.0 Å². The Kier molecular flexibility index (Phi) is 7.89. The van der Waals surface area contributed by atoms with E-state index in [4.69, 9.17) is 14.2 Å². The molecule has 3 unspecified atom stereocenters. The predicted octanol–water partition coefficient (Wildman–Crippen LogP) is 2.69. The number of nitrogens with one attached hydrogen (secondary N) is 1. The van der Waals surface area contributed by atoms with Crippen LogP contribution in [-0.2, 0) is 32.2 Å². The van der Waals surface area contributed by atoms with Gasteiger partial charge in [0.1, 0.15) is 0 Å². The number of hydrogen-bond donors (Lipinski definition) is 2. The molecule has 32 heavy (non-hydrogen) atoms. The third-order valence-corrected chi connectivity index (χ3v) is 5.97. The average molecular weight is 441 g/mol. The fourth-order valence-electron chi connectivity index (χ4n) is 4.12. The highest BCUT2D eigenvalue weighted by molar-refractivity contribution is 5.72. The van der Waals surface area contributed by atoms with Gasteiger partial charge in [0.2, 0.25) is 5.91 Å². The molecule has 0 radical (unpaired) electrons. The Morgan fingerprint density at radius 2 is 1.66 bits per heavy atom. The van der Waals surface area contributed by atoms with Gasteiger partial charge in [-0.05, 0) is 16.7 Å². The summed E-state index contributed by atoms with van der Waals surface area (Å²) in [6.07, 6.45) is 0.250. The molecule has 3 atom stereocenters. The van der Waals surface area contributed by atoms with E-state index >= 15 is 0 Å². The van der Waals surface area contributed by atoms with Gasteiger partial charge in [-0.15, -0.1) is 0 Å². The van der Waals surface area contributed by atoms with Crippen molar-refractivity contribution in [1.82, 2.24) is 10.2 Å². The van der Waals surface area contributed by atoms with Crippen LogP contribution in [0.4, 0.5) is 0 Å². The lowest BCUT2D eigenvalue weighted by Gasteiger charge is -2.39. The van der Waals surface area contributed by atoms with Gasteiger partial charge in [-0.3, -0.25) is 9.69 Å². The SMILES string of the molecule is CC(=O)NCc1ccc(C2OC(CN3CCOCC3)CC(c3ccc(CO)cc3)O2)cc1. The van der Waals surface area contributed by atoms with E-state index in [1.165, 1.54) is 6.92 Å². The van der Waals surface area contributed by atoms with Crippen molar-refractivity contribution in [1.29, 1.82) is 0 Å². The monoisotopic (exact) mass is 440 g/mol. The number of hydrogen-bond acceptors (Lipinski definition) is 6. The Hall–Kier alpha value is -2.29. The molecule has 2 fully saturated rings. The third-order valence-electron chi connectivity index (χ3n) is 5.97. The van der Waals surface area contributed by atoms with E-state index in [9.17, 15) is 9.90 Å². The lowest BCUT2D eigenvalue weighted by atomic mass is 9.99. The first-order chi connectivity index (χ1) is 15.6. The van der Waals surface area contributed by atoms with Crippen LogP contribution in [0.25, 0.3) is 0 Å². The minimum Gasteiger partial charge on any atom is -0.392 e. The Morgan fingerprint density at radius 3 is 2.31 bits per heavy atom. The molecule has 2 aliphatic rings. The van der Waals surface area contributed by atoms with Crippen LogP contribution < -0.4 is 5.32 Å². The van der Waals surface area contributed by atoms with Crippen LogP contribution in [0, 0.1) is 0 Å². The summed E-state index contributed by atoms with van der Waals surface area (Å²) >= 11 is 0. The Bertz CT molecular complexity index is 865. The molecule has 0 saturated carbocycles. The second kappa shape index (κ2) is 11.0. The number of nitrogens with zero attached hydrogens (tertiary/aromatic N) is 1. The van der Waals surface area contributed by atoms with Gasteiger partial charge >= 0.3 is 0 Å². The van der Waals surface area contributed by atoms with Crippen molar-refractivity contribution in [2.75, 3.05) is 32.8 Å². The topological polar surface area (TPSA) is 80.3 Å². The fourth-order valence-corrected chi connectivity index (χ4v) is 4.12. The lowest BCUT2D eigenvalue weighted by molar-refractivity contribution is -0.253. The Morgan fingerprint density at radius 1 is 1.00 bits per heavy atom. The molecule has 7 nitrogen and oxygen atoms in total. The van der Waals surface area contributed by atoms with Crippen LogP contribution >= 0.6 is 0 Å². The summed E-state index contributed by atoms with van der Waals surface area (Å²) in [5.41, 5.74) is 3.96. The van der Waals surface area contributed by atoms with E-state index in [0.717, 1.165) is 61.5 Å². The Balaban J connectivity index is 1.49. The van der Waals surface area contributed by atoms with E-state index in [1.807, 2.05) is 48.5 Å². The van der Waals surface area contributed by atoms with E-state index < -0.39 is 6.29 Å². The second-order valence-corrected chi connectivity index (χ2v) is 8.41. The number of rotatable bonds is 7. The minimum absolute atomic E-state index is 0.0298. The summed E-state index contributed by atoms with van der Waals surface area (Å²) in [6, 6.07) is 15.9. The van der Waals surface area contributed by atoms with Crippen molar-refractivity contribution < 1.29 is 24.1 Å². The van der Waals surface area contributed by atoms with E-state index in [-0.39, 0.29) is 24.7 Å². The number of amides is 1. The van der Waals surface area contributed by atoms with Crippen LogP contribution in [-0.4, -0.2) is 54.9 Å². The van der Waals surface area contributed by atoms with Crippen molar-refractivity contribution in [3.63, 3.8) is 0 Å². The third kappa shape index (κ3) is 6.15. The molecule has 2 aromatic carbocycles. The van der Waals surface area contributed by atoms with Gasteiger partial charge in [0.25, 0.3) is 0 Å². The van der Waals surface area contributed by atoms with Gasteiger partial charge in [0, 0.05) is 45.1 Å². The van der Waals surface area contributed by atoms with Gasteiger partial charge in [-0.2, -0.15) is 0 Å². The summed E-state index contributed by atoms with van der Waals surface area (Å²) in [6.45, 7) is 6.24. The number of carbonyl (C=O) groups is 1. The van der Waals surface area contributed by atoms with Crippen molar-refractivity contribution in [3.8, 4) is 0 Å². The van der Waals surface area contributed by atoms with Crippen LogP contribution in [0.2, 0.25) is 0 Å². The zero-order chi connectivity index (χ0) is 22.3. The zero-order valence-corrected chi connectivity index (χ0v) is 18.5. The molecular formula is C25H32N2O5. The molecule has 4 rings (SSSR count). The van der Waals surface area contributed by atoms with Crippen LogP contribution in [0.1, 0.15) is 48.0 Å². The Labute approximate surface area is 189 Å². The van der Waals surface area contributed by atoms with Crippen molar-refractivity contribution >= 4 is 5.91 Å². The van der Waals surface area contributed by atoms with Crippen LogP contribution in [0.5, 0.6) is 0 Å².